The number of rotatable bonds is 0. The van der Waals surface area contributed by atoms with Crippen molar-refractivity contribution in [1.29, 1.82) is 0 Å². The molecule has 2 heteroatoms. The summed E-state index contributed by atoms with van der Waals surface area (Å²) in [7, 11) is 0. The third kappa shape index (κ3) is 0.739. The predicted octanol–water partition coefficient (Wildman–Crippen LogP) is 1.43. The highest BCUT2D eigenvalue weighted by atomic mass is 14.7. The highest BCUT2D eigenvalue weighted by Gasteiger charge is 1.88. The van der Waals surface area contributed by atoms with E-state index >= 15 is 0 Å². The molecule has 0 unspecified atom stereocenters. The van der Waals surface area contributed by atoms with E-state index in [0.29, 0.717) is 0 Å². The van der Waals surface area contributed by atoms with Crippen molar-refractivity contribution in [2.45, 2.75) is 0 Å². The van der Waals surface area contributed by atoms with Crippen LogP contribution in [-0.4, -0.2) is 9.97 Å². The fourth-order valence-electron chi connectivity index (χ4n) is 0.862. The van der Waals surface area contributed by atoms with Crippen molar-refractivity contribution < 1.29 is 0 Å². The van der Waals surface area contributed by atoms with Gasteiger partial charge in [0.2, 0.25) is 0 Å². The summed E-state index contributed by atoms with van der Waals surface area (Å²) < 4.78 is 0. The summed E-state index contributed by atoms with van der Waals surface area (Å²) in [5.41, 5.74) is 0.824. The molecule has 2 rings (SSSR count). The summed E-state index contributed by atoms with van der Waals surface area (Å²) in [6.45, 7) is 0. The largest absolute Gasteiger partial charge is 0.254 e. The molecular weight excluding hydrogens is 124 g/mol. The lowest BCUT2D eigenvalue weighted by Crippen LogP contribution is -1.77. The van der Waals surface area contributed by atoms with Gasteiger partial charge in [-0.15, -0.1) is 0 Å². The molecule has 2 aromatic rings. The molecule has 1 radical (unpaired) electrons. The van der Waals surface area contributed by atoms with Gasteiger partial charge in [0.1, 0.15) is 6.20 Å². The van der Waals surface area contributed by atoms with Crippen molar-refractivity contribution in [2.24, 2.45) is 0 Å². The fourth-order valence-corrected chi connectivity index (χ4v) is 0.862. The maximum absolute atomic E-state index is 4.06. The van der Waals surface area contributed by atoms with Gasteiger partial charge in [-0.05, 0) is 12.1 Å². The Bertz CT molecular complexity index is 278. The van der Waals surface area contributed by atoms with Gasteiger partial charge in [-0.3, -0.25) is 9.97 Å². The zero-order valence-electron chi connectivity index (χ0n) is 5.28. The molecule has 2 nitrogen and oxygen atoms in total. The third-order valence-corrected chi connectivity index (χ3v) is 1.34. The van der Waals surface area contributed by atoms with E-state index in [9.17, 15) is 0 Å². The number of fused-ring (bicyclic) bond motifs is 1. The monoisotopic (exact) mass is 129 g/mol. The Hall–Kier alpha value is -1.44. The first-order valence-corrected chi connectivity index (χ1v) is 3.04. The molecule has 0 fully saturated rings. The van der Waals surface area contributed by atoms with Crippen molar-refractivity contribution >= 4 is 10.9 Å². The minimum atomic E-state index is 0.824. The highest BCUT2D eigenvalue weighted by molar-refractivity contribution is 5.76. The molecule has 0 N–H and O–H groups in total. The highest BCUT2D eigenvalue weighted by Crippen LogP contribution is 2.05. The maximum Gasteiger partial charge on any atom is 0.117 e. The fraction of sp³-hybridized carbons (Fsp3) is 0. The first-order chi connectivity index (χ1) is 4.97. The van der Waals surface area contributed by atoms with Gasteiger partial charge in [0.25, 0.3) is 0 Å². The van der Waals surface area contributed by atoms with E-state index in [-0.39, 0.29) is 0 Å². The van der Waals surface area contributed by atoms with Crippen molar-refractivity contribution in [2.75, 3.05) is 0 Å². The van der Waals surface area contributed by atoms with Crippen LogP contribution in [0.25, 0.3) is 10.9 Å². The molecule has 0 aromatic carbocycles. The lowest BCUT2D eigenvalue weighted by atomic mass is 10.3. The van der Waals surface area contributed by atoms with Crippen molar-refractivity contribution in [3.05, 3.63) is 36.8 Å². The molecule has 0 aliphatic heterocycles. The Morgan fingerprint density at radius 2 is 2.20 bits per heavy atom. The summed E-state index contributed by atoms with van der Waals surface area (Å²) in [6, 6.07) is 5.80. The molecule has 0 saturated heterocycles. The number of pyridine rings is 2. The van der Waals surface area contributed by atoms with E-state index in [4.69, 9.17) is 0 Å². The van der Waals surface area contributed by atoms with Crippen LogP contribution in [0.2, 0.25) is 0 Å². The van der Waals surface area contributed by atoms with Crippen LogP contribution < -0.4 is 0 Å². The van der Waals surface area contributed by atoms with Gasteiger partial charge in [0, 0.05) is 17.8 Å². The van der Waals surface area contributed by atoms with Crippen LogP contribution >= 0.6 is 0 Å². The Balaban J connectivity index is 2.89. The summed E-state index contributed by atoms with van der Waals surface area (Å²) in [5, 5.41) is 1.08. The van der Waals surface area contributed by atoms with Crippen LogP contribution in [0, 0.1) is 6.20 Å². The van der Waals surface area contributed by atoms with E-state index in [2.05, 4.69) is 16.2 Å². The van der Waals surface area contributed by atoms with Crippen LogP contribution in [0.15, 0.2) is 30.6 Å². The molecule has 0 amide bonds. The summed E-state index contributed by atoms with van der Waals surface area (Å²) >= 11 is 0. The zero-order valence-corrected chi connectivity index (χ0v) is 5.28. The molecule has 0 saturated carbocycles. The molecule has 47 valence electrons. The van der Waals surface area contributed by atoms with Gasteiger partial charge in [0.05, 0.1) is 5.52 Å². The predicted molar refractivity (Wildman–Crippen MR) is 38.4 cm³/mol. The average Bonchev–Trinajstić information content (AvgIpc) is 2.05. The summed E-state index contributed by atoms with van der Waals surface area (Å²) in [5.74, 6) is 0. The smallest absolute Gasteiger partial charge is 0.117 e. The van der Waals surface area contributed by atoms with E-state index < -0.39 is 0 Å². The Morgan fingerprint density at radius 1 is 1.20 bits per heavy atom. The van der Waals surface area contributed by atoms with E-state index in [1.165, 1.54) is 0 Å². The van der Waals surface area contributed by atoms with E-state index in [0.717, 1.165) is 10.9 Å². The SMILES string of the molecule is [c]1nccc2cccnc12. The van der Waals surface area contributed by atoms with Crippen molar-refractivity contribution in [1.82, 2.24) is 9.97 Å². The minimum absolute atomic E-state index is 0.824. The Morgan fingerprint density at radius 3 is 3.10 bits per heavy atom. The minimum Gasteiger partial charge on any atom is -0.254 e. The number of nitrogens with zero attached hydrogens (tertiary/aromatic N) is 2. The molecular formula is C8H5N2. The number of aromatic nitrogens is 2. The van der Waals surface area contributed by atoms with Crippen LogP contribution in [0.5, 0.6) is 0 Å². The summed E-state index contributed by atoms with van der Waals surface area (Å²) in [6.07, 6.45) is 6.24. The van der Waals surface area contributed by atoms with Crippen LogP contribution in [-0.2, 0) is 0 Å². The molecule has 0 bridgehead atoms. The van der Waals surface area contributed by atoms with Gasteiger partial charge in [-0.2, -0.15) is 0 Å². The van der Waals surface area contributed by atoms with Crippen molar-refractivity contribution in [3.63, 3.8) is 0 Å². The second-order valence-electron chi connectivity index (χ2n) is 2.00. The normalized spacial score (nSPS) is 10.0. The standard InChI is InChI=1S/C8H5N2/c1-2-7-3-5-9-6-8(7)10-4-1/h1-5H. The number of hydrogen-bond acceptors (Lipinski definition) is 2. The molecule has 0 aliphatic carbocycles. The molecule has 0 spiro atoms. The van der Waals surface area contributed by atoms with Crippen molar-refractivity contribution in [3.8, 4) is 0 Å². The van der Waals surface area contributed by atoms with E-state index in [1.54, 1.807) is 12.4 Å². The lowest BCUT2D eigenvalue weighted by Gasteiger charge is -1.90. The molecule has 0 aliphatic rings. The first kappa shape index (κ1) is 5.35. The van der Waals surface area contributed by atoms with E-state index in [1.807, 2.05) is 18.2 Å². The zero-order chi connectivity index (χ0) is 6.81. The lowest BCUT2D eigenvalue weighted by molar-refractivity contribution is 1.30. The molecule has 2 heterocycles. The van der Waals surface area contributed by atoms with Gasteiger partial charge >= 0.3 is 0 Å². The number of hydrogen-bond donors (Lipinski definition) is 0. The average molecular weight is 129 g/mol. The summed E-state index contributed by atoms with van der Waals surface area (Å²) in [4.78, 5) is 7.89. The third-order valence-electron chi connectivity index (χ3n) is 1.34. The topological polar surface area (TPSA) is 25.8 Å². The van der Waals surface area contributed by atoms with Crippen LogP contribution in [0.3, 0.4) is 0 Å². The second-order valence-corrected chi connectivity index (χ2v) is 2.00. The first-order valence-electron chi connectivity index (χ1n) is 3.04. The van der Waals surface area contributed by atoms with Crippen LogP contribution in [0.4, 0.5) is 0 Å². The van der Waals surface area contributed by atoms with Gasteiger partial charge in [-0.25, -0.2) is 0 Å². The van der Waals surface area contributed by atoms with Crippen LogP contribution in [0.1, 0.15) is 0 Å². The van der Waals surface area contributed by atoms with Gasteiger partial charge in [0.15, 0.2) is 0 Å². The Labute approximate surface area is 58.6 Å². The quantitative estimate of drug-likeness (QED) is 0.537. The Kier molecular flexibility index (Phi) is 1.10. The molecule has 10 heavy (non-hydrogen) atoms. The van der Waals surface area contributed by atoms with Gasteiger partial charge < -0.3 is 0 Å². The van der Waals surface area contributed by atoms with Gasteiger partial charge in [-0.1, -0.05) is 6.07 Å². The second kappa shape index (κ2) is 2.06. The molecule has 2 aromatic heterocycles. The maximum atomic E-state index is 4.06. The molecule has 0 atom stereocenters.